The summed E-state index contributed by atoms with van der Waals surface area (Å²) in [4.78, 5) is 56.5. The van der Waals surface area contributed by atoms with Crippen molar-refractivity contribution >= 4 is 40.5 Å². The first-order valence-electron chi connectivity index (χ1n) is 16.9. The number of amides is 2. The number of carbonyl (C=O) groups excluding carboxylic acids is 2. The number of fused-ring (bicyclic) bond motifs is 3. The van der Waals surface area contributed by atoms with Gasteiger partial charge in [-0.2, -0.15) is 22.7 Å². The Labute approximate surface area is 300 Å². The maximum absolute atomic E-state index is 14.7. The summed E-state index contributed by atoms with van der Waals surface area (Å²) in [5, 5.41) is 17.6. The van der Waals surface area contributed by atoms with Gasteiger partial charge < -0.3 is 24.6 Å². The topological polar surface area (TPSA) is 157 Å². The van der Waals surface area contributed by atoms with Gasteiger partial charge in [0.2, 0.25) is 11.7 Å². The Morgan fingerprint density at radius 1 is 1.19 bits per heavy atom. The van der Waals surface area contributed by atoms with E-state index in [0.29, 0.717) is 49.6 Å². The molecule has 1 spiro atoms. The van der Waals surface area contributed by atoms with E-state index < -0.39 is 29.0 Å². The van der Waals surface area contributed by atoms with Crippen molar-refractivity contribution in [2.75, 3.05) is 25.1 Å². The number of aromatic nitrogens is 6. The van der Waals surface area contributed by atoms with Gasteiger partial charge in [-0.3, -0.25) is 14.4 Å². The van der Waals surface area contributed by atoms with Crippen LogP contribution in [-0.4, -0.2) is 76.8 Å². The molecule has 1 saturated heterocycles. The monoisotopic (exact) mass is 740 g/mol. The summed E-state index contributed by atoms with van der Waals surface area (Å²) in [5.41, 5.74) is 0.0236. The van der Waals surface area contributed by atoms with Crippen molar-refractivity contribution in [3.63, 3.8) is 0 Å². The number of anilines is 1. The molecule has 0 radical (unpaired) electrons. The van der Waals surface area contributed by atoms with Gasteiger partial charge in [-0.1, -0.05) is 31.5 Å². The fourth-order valence-corrected chi connectivity index (χ4v) is 8.34. The maximum atomic E-state index is 14.7. The van der Waals surface area contributed by atoms with Gasteiger partial charge in [0.05, 0.1) is 35.2 Å². The molecule has 5 heterocycles. The molecule has 1 aliphatic carbocycles. The highest BCUT2D eigenvalue weighted by Crippen LogP contribution is 2.54. The quantitative estimate of drug-likeness (QED) is 0.283. The molecule has 2 aliphatic heterocycles. The Hall–Kier alpha value is -4.83. The van der Waals surface area contributed by atoms with E-state index in [9.17, 15) is 32.7 Å². The summed E-state index contributed by atoms with van der Waals surface area (Å²) in [6.45, 7) is 8.18. The molecule has 1 aromatic carbocycles. The van der Waals surface area contributed by atoms with Crippen LogP contribution in [0.2, 0.25) is 5.02 Å². The minimum absolute atomic E-state index is 0.00295. The predicted molar refractivity (Wildman–Crippen MR) is 183 cm³/mol. The fourth-order valence-electron chi connectivity index (χ4n) is 8.12. The summed E-state index contributed by atoms with van der Waals surface area (Å²) < 4.78 is 48.1. The van der Waals surface area contributed by atoms with Crippen LogP contribution in [0.25, 0.3) is 11.4 Å². The standard InChI is InChI=1S/C35H36ClF3N8O5/c1-17-14-34(9-10-45(20(4)18(34)2)32(51)27-29(49)19(3)40-16-41-27)26-28(17)46(15-25(48)42-24-6-5-22(13-23(24)36)35(37,38)39)33-43-30(44-47(33)31(26)50)21-7-11-52-12-8-21/h5-7,13,16-18,20,49H,8-12,14-15H2,1-4H3,(H,42,48)/t17-,18-,20+,34+/m0/s1. The number of alkyl halides is 3. The molecule has 0 unspecified atom stereocenters. The van der Waals surface area contributed by atoms with Crippen molar-refractivity contribution in [2.45, 2.75) is 77.1 Å². The van der Waals surface area contributed by atoms with Crippen molar-refractivity contribution in [3.8, 4) is 5.75 Å². The third kappa shape index (κ3) is 5.81. The molecular weight excluding hydrogens is 705 g/mol. The average Bonchev–Trinajstić information content (AvgIpc) is 3.68. The van der Waals surface area contributed by atoms with Crippen molar-refractivity contribution in [1.82, 2.24) is 34.0 Å². The molecule has 7 rings (SSSR count). The van der Waals surface area contributed by atoms with Crippen LogP contribution in [0.5, 0.6) is 5.75 Å². The molecule has 0 bridgehead atoms. The van der Waals surface area contributed by atoms with Crippen LogP contribution in [0.4, 0.5) is 18.9 Å². The second-order valence-corrected chi connectivity index (χ2v) is 14.2. The summed E-state index contributed by atoms with van der Waals surface area (Å²) in [5.74, 6) is -1.35. The highest BCUT2D eigenvalue weighted by Gasteiger charge is 2.55. The number of nitrogens with one attached hydrogen (secondary N) is 1. The van der Waals surface area contributed by atoms with Crippen LogP contribution < -0.4 is 10.9 Å². The van der Waals surface area contributed by atoms with Crippen molar-refractivity contribution < 1.29 is 32.6 Å². The average molecular weight is 741 g/mol. The highest BCUT2D eigenvalue weighted by atomic mass is 35.5. The molecule has 13 nitrogen and oxygen atoms in total. The Bertz CT molecular complexity index is 2220. The van der Waals surface area contributed by atoms with E-state index in [2.05, 4.69) is 20.4 Å². The first-order valence-corrected chi connectivity index (χ1v) is 17.3. The first-order chi connectivity index (χ1) is 24.6. The van der Waals surface area contributed by atoms with Crippen molar-refractivity contribution in [3.05, 3.63) is 80.0 Å². The maximum Gasteiger partial charge on any atom is 0.416 e. The van der Waals surface area contributed by atoms with E-state index in [1.165, 1.54) is 10.8 Å². The normalized spacial score (nSPS) is 23.2. The molecule has 4 atom stereocenters. The summed E-state index contributed by atoms with van der Waals surface area (Å²) in [6, 6.07) is 2.29. The predicted octanol–water partition coefficient (Wildman–Crippen LogP) is 5.13. The van der Waals surface area contributed by atoms with Crippen LogP contribution in [0.3, 0.4) is 0 Å². The van der Waals surface area contributed by atoms with Gasteiger partial charge in [0.15, 0.2) is 17.3 Å². The van der Waals surface area contributed by atoms with Crippen LogP contribution in [-0.2, 0) is 27.7 Å². The molecule has 3 aliphatic rings. The zero-order valence-electron chi connectivity index (χ0n) is 28.8. The second-order valence-electron chi connectivity index (χ2n) is 13.8. The Morgan fingerprint density at radius 2 is 1.96 bits per heavy atom. The lowest BCUT2D eigenvalue weighted by atomic mass is 9.64. The lowest BCUT2D eigenvalue weighted by molar-refractivity contribution is -0.137. The summed E-state index contributed by atoms with van der Waals surface area (Å²) in [6.07, 6.45) is -0.0623. The van der Waals surface area contributed by atoms with Crippen LogP contribution in [0, 0.1) is 12.8 Å². The number of nitrogens with zero attached hydrogens (tertiary/aromatic N) is 7. The van der Waals surface area contributed by atoms with Gasteiger partial charge in [0, 0.05) is 29.3 Å². The van der Waals surface area contributed by atoms with Crippen molar-refractivity contribution in [2.24, 2.45) is 5.92 Å². The number of rotatable bonds is 5. The Morgan fingerprint density at radius 3 is 2.65 bits per heavy atom. The molecule has 0 saturated carbocycles. The number of piperidine rings is 1. The molecule has 274 valence electrons. The highest BCUT2D eigenvalue weighted by molar-refractivity contribution is 6.33. The van der Waals surface area contributed by atoms with Gasteiger partial charge in [-0.25, -0.2) is 9.97 Å². The van der Waals surface area contributed by atoms with Crippen LogP contribution in [0.15, 0.2) is 35.4 Å². The number of hydrogen-bond donors (Lipinski definition) is 2. The van der Waals surface area contributed by atoms with E-state index in [0.717, 1.165) is 23.8 Å². The van der Waals surface area contributed by atoms with Crippen LogP contribution >= 0.6 is 11.6 Å². The molecule has 3 aromatic heterocycles. The molecule has 52 heavy (non-hydrogen) atoms. The third-order valence-corrected chi connectivity index (χ3v) is 11.2. The van der Waals surface area contributed by atoms with E-state index in [4.69, 9.17) is 21.3 Å². The Balaban J connectivity index is 1.31. The first kappa shape index (κ1) is 35.6. The largest absolute Gasteiger partial charge is 0.504 e. The van der Waals surface area contributed by atoms with Crippen LogP contribution in [0.1, 0.15) is 84.8 Å². The molecule has 1 fully saturated rings. The Kier molecular flexibility index (Phi) is 8.88. The fraction of sp³-hybridized carbons (Fsp3) is 0.457. The zero-order chi connectivity index (χ0) is 37.3. The van der Waals surface area contributed by atoms with E-state index in [-0.39, 0.29) is 70.2 Å². The molecule has 4 aromatic rings. The van der Waals surface area contributed by atoms with Gasteiger partial charge in [-0.05, 0) is 68.7 Å². The summed E-state index contributed by atoms with van der Waals surface area (Å²) >= 11 is 6.17. The lowest BCUT2D eigenvalue weighted by Crippen LogP contribution is -2.56. The number of benzene rings is 1. The van der Waals surface area contributed by atoms with Gasteiger partial charge in [0.1, 0.15) is 12.9 Å². The molecular formula is C35H36ClF3N8O5. The molecule has 2 amide bonds. The second kappa shape index (κ2) is 13.0. The minimum Gasteiger partial charge on any atom is -0.504 e. The van der Waals surface area contributed by atoms with E-state index in [1.54, 1.807) is 16.4 Å². The number of ether oxygens (including phenoxy) is 1. The SMILES string of the molecule is Cc1ncnc(C(=O)N2CC[C@@]3(C[C@H](C)c4c3c(=O)n3nc(C5=CCOCC5)nc3n4CC(=O)Nc3ccc(C(F)(F)F)cc3Cl)[C@@H](C)[C@H]2C)c1O. The van der Waals surface area contributed by atoms with Crippen molar-refractivity contribution in [1.29, 1.82) is 0 Å². The van der Waals surface area contributed by atoms with Gasteiger partial charge in [-0.15, -0.1) is 5.10 Å². The van der Waals surface area contributed by atoms with E-state index >= 15 is 0 Å². The lowest BCUT2D eigenvalue weighted by Gasteiger charge is -2.49. The minimum atomic E-state index is -4.61. The zero-order valence-corrected chi connectivity index (χ0v) is 29.5. The van der Waals surface area contributed by atoms with Gasteiger partial charge in [0.25, 0.3) is 11.5 Å². The van der Waals surface area contributed by atoms with E-state index in [1.807, 2.05) is 26.8 Å². The number of halogens is 4. The summed E-state index contributed by atoms with van der Waals surface area (Å²) in [7, 11) is 0. The third-order valence-electron chi connectivity index (χ3n) is 10.9. The number of aryl methyl sites for hydroxylation is 1. The number of likely N-dealkylation sites (tertiary alicyclic amines) is 1. The number of aromatic hydroxyl groups is 1. The molecule has 2 N–H and O–H groups in total. The number of carbonyl (C=O) groups is 2. The molecule has 17 heteroatoms. The van der Waals surface area contributed by atoms with Gasteiger partial charge >= 0.3 is 6.18 Å². The smallest absolute Gasteiger partial charge is 0.416 e. The number of hydrogen-bond acceptors (Lipinski definition) is 9.